The molecule has 0 aliphatic carbocycles. The molecule has 1 N–H and O–H groups in total. The summed E-state index contributed by atoms with van der Waals surface area (Å²) < 4.78 is 19.3. The third-order valence-electron chi connectivity index (χ3n) is 5.73. The number of nitro groups is 1. The monoisotopic (exact) mass is 484 g/mol. The number of carbonyl (C=O) groups excluding carboxylic acids is 2. The summed E-state index contributed by atoms with van der Waals surface area (Å²) in [5, 5.41) is 22.8. The Morgan fingerprint density at radius 2 is 1.94 bits per heavy atom. The number of methoxy groups -OCH3 is 1. The Hall–Kier alpha value is -3.82. The van der Waals surface area contributed by atoms with Gasteiger partial charge in [-0.2, -0.15) is 0 Å². The van der Waals surface area contributed by atoms with E-state index in [1.54, 1.807) is 18.2 Å². The van der Waals surface area contributed by atoms with E-state index >= 15 is 0 Å². The summed E-state index contributed by atoms with van der Waals surface area (Å²) in [6, 6.07) is 14.1. The van der Waals surface area contributed by atoms with E-state index in [4.69, 9.17) is 16.3 Å². The molecular formula is C24H18ClFN2O6. The highest BCUT2D eigenvalue weighted by molar-refractivity contribution is 6.31. The van der Waals surface area contributed by atoms with Gasteiger partial charge < -0.3 is 14.7 Å². The molecule has 0 saturated heterocycles. The number of fused-ring (bicyclic) bond motifs is 1. The van der Waals surface area contributed by atoms with E-state index in [9.17, 15) is 29.2 Å². The number of amides is 1. The van der Waals surface area contributed by atoms with Gasteiger partial charge in [-0.05, 0) is 30.3 Å². The third kappa shape index (κ3) is 3.89. The Kier molecular flexibility index (Phi) is 6.07. The van der Waals surface area contributed by atoms with Crippen LogP contribution in [0.1, 0.15) is 27.9 Å². The Bertz CT molecular complexity index is 1310. The SMILES string of the molecule is COc1ccc(C(=O)CC2(O)C(=O)N(Cc3c(F)cccc3Cl)c3ccccc32)cc1[N+](=O)[O-]. The third-order valence-corrected chi connectivity index (χ3v) is 6.09. The van der Waals surface area contributed by atoms with Crippen LogP contribution in [0.2, 0.25) is 5.02 Å². The molecule has 3 aromatic rings. The van der Waals surface area contributed by atoms with E-state index in [-0.39, 0.29) is 34.0 Å². The van der Waals surface area contributed by atoms with Gasteiger partial charge in [0.15, 0.2) is 17.1 Å². The maximum absolute atomic E-state index is 14.4. The minimum atomic E-state index is -2.25. The number of rotatable bonds is 7. The fraction of sp³-hybridized carbons (Fsp3) is 0.167. The molecule has 1 atom stereocenters. The molecule has 0 bridgehead atoms. The average molecular weight is 485 g/mol. The molecule has 10 heteroatoms. The Labute approximate surface area is 198 Å². The van der Waals surface area contributed by atoms with Crippen molar-refractivity contribution in [3.63, 3.8) is 0 Å². The van der Waals surface area contributed by atoms with Crippen molar-refractivity contribution in [2.45, 2.75) is 18.6 Å². The van der Waals surface area contributed by atoms with Crippen LogP contribution in [0.5, 0.6) is 5.75 Å². The maximum Gasteiger partial charge on any atom is 0.311 e. The summed E-state index contributed by atoms with van der Waals surface area (Å²) in [7, 11) is 1.26. The first kappa shape index (κ1) is 23.3. The van der Waals surface area contributed by atoms with Gasteiger partial charge in [0, 0.05) is 27.8 Å². The van der Waals surface area contributed by atoms with Crippen LogP contribution in [0.4, 0.5) is 15.8 Å². The molecule has 0 aromatic heterocycles. The van der Waals surface area contributed by atoms with E-state index < -0.39 is 40.1 Å². The zero-order valence-electron chi connectivity index (χ0n) is 17.8. The van der Waals surface area contributed by atoms with Crippen molar-refractivity contribution in [2.24, 2.45) is 0 Å². The number of halogens is 2. The molecule has 1 aliphatic heterocycles. The number of ketones is 1. The van der Waals surface area contributed by atoms with Gasteiger partial charge in [-0.1, -0.05) is 35.9 Å². The minimum absolute atomic E-state index is 0.0320. The molecule has 0 fully saturated rings. The van der Waals surface area contributed by atoms with Crippen LogP contribution < -0.4 is 9.64 Å². The van der Waals surface area contributed by atoms with E-state index in [1.165, 1.54) is 48.4 Å². The summed E-state index contributed by atoms with van der Waals surface area (Å²) in [6.45, 7) is -0.258. The highest BCUT2D eigenvalue weighted by Gasteiger charge is 2.51. The summed E-state index contributed by atoms with van der Waals surface area (Å²) in [5.41, 5.74) is -2.20. The number of hydrogen-bond acceptors (Lipinski definition) is 6. The lowest BCUT2D eigenvalue weighted by Gasteiger charge is -2.23. The molecule has 3 aromatic carbocycles. The summed E-state index contributed by atoms with van der Waals surface area (Å²) in [4.78, 5) is 38.2. The topological polar surface area (TPSA) is 110 Å². The van der Waals surface area contributed by atoms with Crippen molar-refractivity contribution in [3.05, 3.63) is 98.3 Å². The van der Waals surface area contributed by atoms with E-state index in [2.05, 4.69) is 0 Å². The predicted octanol–water partition coefficient (Wildman–Crippen LogP) is 4.40. The quantitative estimate of drug-likeness (QED) is 0.302. The number of ether oxygens (including phenoxy) is 1. The van der Waals surface area contributed by atoms with Crippen molar-refractivity contribution in [2.75, 3.05) is 12.0 Å². The highest BCUT2D eigenvalue weighted by Crippen LogP contribution is 2.44. The summed E-state index contributed by atoms with van der Waals surface area (Å²) in [6.07, 6.45) is -0.673. The van der Waals surface area contributed by atoms with Crippen LogP contribution in [0.3, 0.4) is 0 Å². The lowest BCUT2D eigenvalue weighted by Crippen LogP contribution is -2.41. The zero-order valence-corrected chi connectivity index (χ0v) is 18.6. The molecule has 1 heterocycles. The van der Waals surface area contributed by atoms with Crippen molar-refractivity contribution in [1.29, 1.82) is 0 Å². The predicted molar refractivity (Wildman–Crippen MR) is 122 cm³/mol. The molecular weight excluding hydrogens is 467 g/mol. The minimum Gasteiger partial charge on any atom is -0.490 e. The van der Waals surface area contributed by atoms with Crippen LogP contribution in [-0.2, 0) is 16.9 Å². The van der Waals surface area contributed by atoms with Gasteiger partial charge in [0.1, 0.15) is 5.82 Å². The molecule has 1 unspecified atom stereocenters. The van der Waals surface area contributed by atoms with Crippen LogP contribution >= 0.6 is 11.6 Å². The standard InChI is InChI=1S/C24H18ClFN2O6/c1-34-22-10-9-14(11-20(22)28(32)33)21(29)12-24(31)16-5-2-3-8-19(16)27(23(24)30)13-15-17(25)6-4-7-18(15)26/h2-11,31H,12-13H2,1H3. The number of anilines is 1. The first-order chi connectivity index (χ1) is 16.2. The number of aliphatic hydroxyl groups is 1. The van der Waals surface area contributed by atoms with Gasteiger partial charge in [0.05, 0.1) is 30.7 Å². The Morgan fingerprint density at radius 3 is 2.62 bits per heavy atom. The molecule has 0 radical (unpaired) electrons. The summed E-state index contributed by atoms with van der Waals surface area (Å²) in [5.74, 6) is -2.17. The van der Waals surface area contributed by atoms with Gasteiger partial charge in [0.2, 0.25) is 0 Å². The van der Waals surface area contributed by atoms with Crippen LogP contribution in [0.15, 0.2) is 60.7 Å². The van der Waals surface area contributed by atoms with Crippen molar-refractivity contribution in [3.8, 4) is 5.75 Å². The Morgan fingerprint density at radius 1 is 1.21 bits per heavy atom. The number of nitrogens with zero attached hydrogens (tertiary/aromatic N) is 2. The van der Waals surface area contributed by atoms with Gasteiger partial charge in [-0.3, -0.25) is 19.7 Å². The van der Waals surface area contributed by atoms with E-state index in [1.807, 2.05) is 0 Å². The number of Topliss-reactive ketones (excluding diaryl/α,β-unsaturated/α-hetero) is 1. The highest BCUT2D eigenvalue weighted by atomic mass is 35.5. The lowest BCUT2D eigenvalue weighted by atomic mass is 9.88. The Balaban J connectivity index is 1.70. The fourth-order valence-electron chi connectivity index (χ4n) is 4.02. The van der Waals surface area contributed by atoms with Gasteiger partial charge >= 0.3 is 5.69 Å². The number of para-hydroxylation sites is 1. The summed E-state index contributed by atoms with van der Waals surface area (Å²) >= 11 is 6.12. The van der Waals surface area contributed by atoms with Crippen molar-refractivity contribution >= 4 is 34.7 Å². The lowest BCUT2D eigenvalue weighted by molar-refractivity contribution is -0.385. The zero-order chi connectivity index (χ0) is 24.6. The van der Waals surface area contributed by atoms with Gasteiger partial charge in [-0.15, -0.1) is 0 Å². The molecule has 1 amide bonds. The average Bonchev–Trinajstić information content (AvgIpc) is 3.02. The normalized spacial score (nSPS) is 16.9. The van der Waals surface area contributed by atoms with Gasteiger partial charge in [-0.25, -0.2) is 4.39 Å². The molecule has 4 rings (SSSR count). The fourth-order valence-corrected chi connectivity index (χ4v) is 4.24. The molecule has 1 aliphatic rings. The second-order valence-corrected chi connectivity index (χ2v) is 8.12. The number of carbonyl (C=O) groups is 2. The number of hydrogen-bond donors (Lipinski definition) is 1. The van der Waals surface area contributed by atoms with Crippen LogP contribution in [0.25, 0.3) is 0 Å². The van der Waals surface area contributed by atoms with E-state index in [0.29, 0.717) is 5.69 Å². The maximum atomic E-state index is 14.4. The molecule has 8 nitrogen and oxygen atoms in total. The van der Waals surface area contributed by atoms with Crippen LogP contribution in [-0.4, -0.2) is 28.8 Å². The first-order valence-corrected chi connectivity index (χ1v) is 10.5. The molecule has 0 saturated carbocycles. The van der Waals surface area contributed by atoms with Crippen LogP contribution in [0, 0.1) is 15.9 Å². The van der Waals surface area contributed by atoms with E-state index in [0.717, 1.165) is 6.07 Å². The molecule has 174 valence electrons. The smallest absolute Gasteiger partial charge is 0.311 e. The molecule has 34 heavy (non-hydrogen) atoms. The second-order valence-electron chi connectivity index (χ2n) is 7.71. The van der Waals surface area contributed by atoms with Gasteiger partial charge in [0.25, 0.3) is 5.91 Å². The van der Waals surface area contributed by atoms with Crippen molar-refractivity contribution < 1.29 is 28.7 Å². The molecule has 0 spiro atoms. The largest absolute Gasteiger partial charge is 0.490 e. The second kappa shape index (κ2) is 8.85. The first-order valence-electron chi connectivity index (χ1n) is 10.1. The number of benzene rings is 3. The number of nitro benzene ring substituents is 1. The van der Waals surface area contributed by atoms with Crippen molar-refractivity contribution in [1.82, 2.24) is 0 Å².